The van der Waals surface area contributed by atoms with Crippen LogP contribution in [0.4, 0.5) is 0 Å². The Kier molecular flexibility index (Phi) is 2.51. The Hall–Kier alpha value is -1.00. The molecule has 0 bridgehead atoms. The zero-order valence-electron chi connectivity index (χ0n) is 6.26. The predicted octanol–water partition coefficient (Wildman–Crippen LogP) is 2.77. The Morgan fingerprint density at radius 3 is 2.73 bits per heavy atom. The Morgan fingerprint density at radius 2 is 2.27 bits per heavy atom. The van der Waals surface area contributed by atoms with Gasteiger partial charge in [-0.05, 0) is 18.1 Å². The molecule has 0 spiro atoms. The molecule has 1 aromatic rings. The van der Waals surface area contributed by atoms with Crippen LogP contribution in [0.5, 0.6) is 0 Å². The van der Waals surface area contributed by atoms with Crippen LogP contribution in [0.1, 0.15) is 18.1 Å². The van der Waals surface area contributed by atoms with Gasteiger partial charge in [-0.1, -0.05) is 30.7 Å². The molecule has 1 rings (SSSR count). The highest BCUT2D eigenvalue weighted by Gasteiger charge is 2.02. The lowest BCUT2D eigenvalue weighted by Gasteiger charge is -2.00. The highest BCUT2D eigenvalue weighted by atomic mass is 35.5. The molecule has 1 aromatic carbocycles. The van der Waals surface area contributed by atoms with Crippen LogP contribution in [0.15, 0.2) is 18.2 Å². The van der Waals surface area contributed by atoms with E-state index in [2.05, 4.69) is 6.07 Å². The van der Waals surface area contributed by atoms with Crippen molar-refractivity contribution in [2.75, 3.05) is 0 Å². The Labute approximate surface area is 71.2 Å². The largest absolute Gasteiger partial charge is 0.192 e. The third-order valence-corrected chi connectivity index (χ3v) is 1.91. The van der Waals surface area contributed by atoms with E-state index in [-0.39, 0.29) is 0 Å². The number of hydrogen-bond acceptors (Lipinski definition) is 1. The first-order valence-corrected chi connectivity index (χ1v) is 3.85. The second-order valence-electron chi connectivity index (χ2n) is 2.24. The van der Waals surface area contributed by atoms with Crippen molar-refractivity contribution in [2.24, 2.45) is 0 Å². The van der Waals surface area contributed by atoms with E-state index in [0.717, 1.165) is 12.0 Å². The number of nitrogens with zero attached hydrogens (tertiary/aromatic N) is 1. The molecular formula is C9H8ClN. The van der Waals surface area contributed by atoms with Crippen molar-refractivity contribution in [3.05, 3.63) is 34.3 Å². The summed E-state index contributed by atoms with van der Waals surface area (Å²) in [5.41, 5.74) is 1.62. The van der Waals surface area contributed by atoms with Gasteiger partial charge in [-0.3, -0.25) is 0 Å². The molecule has 0 aliphatic carbocycles. The minimum atomic E-state index is 0.548. The maximum absolute atomic E-state index is 8.70. The molecule has 0 amide bonds. The number of hydrogen-bond donors (Lipinski definition) is 0. The number of rotatable bonds is 1. The molecule has 0 fully saturated rings. The summed E-state index contributed by atoms with van der Waals surface area (Å²) >= 11 is 5.79. The van der Waals surface area contributed by atoms with Gasteiger partial charge in [0, 0.05) is 0 Å². The van der Waals surface area contributed by atoms with Gasteiger partial charge in [0.2, 0.25) is 0 Å². The summed E-state index contributed by atoms with van der Waals surface area (Å²) in [4.78, 5) is 0. The van der Waals surface area contributed by atoms with E-state index in [0.29, 0.717) is 10.6 Å². The molecule has 0 saturated carbocycles. The van der Waals surface area contributed by atoms with Crippen LogP contribution in [0.3, 0.4) is 0 Å². The fraction of sp³-hybridized carbons (Fsp3) is 0.222. The molecule has 1 nitrogen and oxygen atoms in total. The van der Waals surface area contributed by atoms with E-state index in [9.17, 15) is 0 Å². The van der Waals surface area contributed by atoms with Crippen LogP contribution in [0, 0.1) is 11.3 Å². The molecule has 0 aliphatic rings. The molecule has 11 heavy (non-hydrogen) atoms. The van der Waals surface area contributed by atoms with E-state index in [4.69, 9.17) is 16.9 Å². The smallest absolute Gasteiger partial charge is 0.101 e. The van der Waals surface area contributed by atoms with Crippen molar-refractivity contribution in [2.45, 2.75) is 13.3 Å². The van der Waals surface area contributed by atoms with Crippen molar-refractivity contribution in [1.82, 2.24) is 0 Å². The van der Waals surface area contributed by atoms with Crippen molar-refractivity contribution in [3.8, 4) is 6.07 Å². The SMILES string of the molecule is CCc1cccc(Cl)c1C#N. The van der Waals surface area contributed by atoms with Gasteiger partial charge in [0.25, 0.3) is 0 Å². The second kappa shape index (κ2) is 3.41. The first kappa shape index (κ1) is 8.10. The maximum atomic E-state index is 8.70. The molecule has 2 heteroatoms. The molecule has 0 aromatic heterocycles. The van der Waals surface area contributed by atoms with Gasteiger partial charge in [-0.15, -0.1) is 0 Å². The fourth-order valence-electron chi connectivity index (χ4n) is 0.989. The molecule has 0 unspecified atom stereocenters. The lowest BCUT2D eigenvalue weighted by Crippen LogP contribution is -1.87. The molecular weight excluding hydrogens is 158 g/mol. The molecule has 0 aliphatic heterocycles. The third-order valence-electron chi connectivity index (χ3n) is 1.59. The van der Waals surface area contributed by atoms with Crippen LogP contribution >= 0.6 is 11.6 Å². The Morgan fingerprint density at radius 1 is 1.55 bits per heavy atom. The number of benzene rings is 1. The molecule has 0 heterocycles. The summed E-state index contributed by atoms with van der Waals surface area (Å²) in [6.07, 6.45) is 0.851. The quantitative estimate of drug-likeness (QED) is 0.628. The zero-order chi connectivity index (χ0) is 8.27. The van der Waals surface area contributed by atoms with Crippen molar-refractivity contribution < 1.29 is 0 Å². The van der Waals surface area contributed by atoms with Crippen molar-refractivity contribution in [1.29, 1.82) is 5.26 Å². The zero-order valence-corrected chi connectivity index (χ0v) is 7.02. The average molecular weight is 166 g/mol. The van der Waals surface area contributed by atoms with Crippen LogP contribution in [0.2, 0.25) is 5.02 Å². The van der Waals surface area contributed by atoms with Gasteiger partial charge in [0.05, 0.1) is 10.6 Å². The summed E-state index contributed by atoms with van der Waals surface area (Å²) < 4.78 is 0. The number of halogens is 1. The van der Waals surface area contributed by atoms with Crippen molar-refractivity contribution in [3.63, 3.8) is 0 Å². The number of nitriles is 1. The summed E-state index contributed by atoms with van der Waals surface area (Å²) in [6.45, 7) is 2.01. The maximum Gasteiger partial charge on any atom is 0.101 e. The topological polar surface area (TPSA) is 23.8 Å². The van der Waals surface area contributed by atoms with Gasteiger partial charge in [-0.25, -0.2) is 0 Å². The van der Waals surface area contributed by atoms with Gasteiger partial charge < -0.3 is 0 Å². The molecule has 0 N–H and O–H groups in total. The van der Waals surface area contributed by atoms with Crippen LogP contribution in [-0.4, -0.2) is 0 Å². The second-order valence-corrected chi connectivity index (χ2v) is 2.65. The summed E-state index contributed by atoms with van der Waals surface area (Å²) in [7, 11) is 0. The third kappa shape index (κ3) is 1.53. The van der Waals surface area contributed by atoms with E-state index < -0.39 is 0 Å². The van der Waals surface area contributed by atoms with Crippen LogP contribution in [-0.2, 0) is 6.42 Å². The van der Waals surface area contributed by atoms with Gasteiger partial charge in [0.1, 0.15) is 6.07 Å². The highest BCUT2D eigenvalue weighted by molar-refractivity contribution is 6.31. The van der Waals surface area contributed by atoms with Crippen LogP contribution in [0.25, 0.3) is 0 Å². The highest BCUT2D eigenvalue weighted by Crippen LogP contribution is 2.18. The Balaban J connectivity index is 3.27. The Bertz CT molecular complexity index is 299. The average Bonchev–Trinajstić information content (AvgIpc) is 2.04. The first-order valence-electron chi connectivity index (χ1n) is 3.47. The van der Waals surface area contributed by atoms with Crippen molar-refractivity contribution >= 4 is 11.6 Å². The molecule has 56 valence electrons. The first-order chi connectivity index (χ1) is 5.29. The predicted molar refractivity (Wildman–Crippen MR) is 45.5 cm³/mol. The van der Waals surface area contributed by atoms with E-state index in [1.807, 2.05) is 19.1 Å². The lowest BCUT2D eigenvalue weighted by molar-refractivity contribution is 1.13. The molecule has 0 saturated heterocycles. The van der Waals surface area contributed by atoms with Crippen LogP contribution < -0.4 is 0 Å². The standard InChI is InChI=1S/C9H8ClN/c1-2-7-4-3-5-9(10)8(7)6-11/h3-5H,2H2,1H3. The van der Waals surface area contributed by atoms with Gasteiger partial charge in [0.15, 0.2) is 0 Å². The minimum Gasteiger partial charge on any atom is -0.192 e. The van der Waals surface area contributed by atoms with Gasteiger partial charge in [-0.2, -0.15) is 5.26 Å². The number of aryl methyl sites for hydroxylation is 1. The summed E-state index contributed by atoms with van der Waals surface area (Å²) in [5, 5.41) is 9.24. The van der Waals surface area contributed by atoms with E-state index in [1.165, 1.54) is 0 Å². The lowest BCUT2D eigenvalue weighted by atomic mass is 10.1. The van der Waals surface area contributed by atoms with Gasteiger partial charge >= 0.3 is 0 Å². The monoisotopic (exact) mass is 165 g/mol. The van der Waals surface area contributed by atoms with E-state index in [1.54, 1.807) is 6.07 Å². The summed E-state index contributed by atoms with van der Waals surface area (Å²) in [5.74, 6) is 0. The normalized spacial score (nSPS) is 9.18. The van der Waals surface area contributed by atoms with E-state index >= 15 is 0 Å². The minimum absolute atomic E-state index is 0.548. The molecule has 0 atom stereocenters. The summed E-state index contributed by atoms with van der Waals surface area (Å²) in [6, 6.07) is 7.60. The fourth-order valence-corrected chi connectivity index (χ4v) is 1.22. The molecule has 0 radical (unpaired) electrons.